The van der Waals surface area contributed by atoms with Gasteiger partial charge in [0.15, 0.2) is 6.10 Å². The van der Waals surface area contributed by atoms with Crippen LogP contribution in [0.1, 0.15) is 63.6 Å². The number of rotatable bonds is 7. The van der Waals surface area contributed by atoms with E-state index in [0.717, 1.165) is 12.1 Å². The molecule has 0 unspecified atom stereocenters. The number of piperidine rings is 1. The molecule has 1 saturated heterocycles. The van der Waals surface area contributed by atoms with Crippen LogP contribution in [0.25, 0.3) is 0 Å². The third-order valence-corrected chi connectivity index (χ3v) is 5.75. The molecule has 1 aliphatic heterocycles. The molecule has 0 spiro atoms. The Kier molecular flexibility index (Phi) is 7.54. The van der Waals surface area contributed by atoms with Crippen molar-refractivity contribution in [3.8, 4) is 5.75 Å². The minimum absolute atomic E-state index is 0.102. The van der Waals surface area contributed by atoms with Crippen LogP contribution in [0.3, 0.4) is 0 Å². The van der Waals surface area contributed by atoms with E-state index < -0.39 is 6.10 Å². The maximum atomic E-state index is 12.4. The Morgan fingerprint density at radius 3 is 2.17 bits per heavy atom. The van der Waals surface area contributed by atoms with E-state index in [2.05, 4.69) is 67.4 Å². The Labute approximate surface area is 181 Å². The average molecular weight is 409 g/mol. The van der Waals surface area contributed by atoms with Gasteiger partial charge >= 0.3 is 0 Å². The lowest BCUT2D eigenvalue weighted by Crippen LogP contribution is -2.35. The van der Waals surface area contributed by atoms with Crippen molar-refractivity contribution in [3.05, 3.63) is 65.2 Å². The van der Waals surface area contributed by atoms with Crippen LogP contribution in [0.5, 0.6) is 5.75 Å². The third-order valence-electron chi connectivity index (χ3n) is 5.75. The summed E-state index contributed by atoms with van der Waals surface area (Å²) in [5.41, 5.74) is 3.79. The van der Waals surface area contributed by atoms with Crippen molar-refractivity contribution >= 4 is 5.91 Å². The topological polar surface area (TPSA) is 41.6 Å². The van der Waals surface area contributed by atoms with Gasteiger partial charge in [-0.15, -0.1) is 0 Å². The fourth-order valence-electron chi connectivity index (χ4n) is 3.76. The smallest absolute Gasteiger partial charge is 0.261 e. The van der Waals surface area contributed by atoms with Gasteiger partial charge in [-0.3, -0.25) is 9.69 Å². The third kappa shape index (κ3) is 6.60. The Balaban J connectivity index is 1.45. The summed E-state index contributed by atoms with van der Waals surface area (Å²) in [6.07, 6.45) is 3.44. The number of nitrogens with one attached hydrogen (secondary N) is 1. The average Bonchev–Trinajstić information content (AvgIpc) is 2.73. The summed E-state index contributed by atoms with van der Waals surface area (Å²) in [6, 6.07) is 16.6. The quantitative estimate of drug-likeness (QED) is 0.697. The van der Waals surface area contributed by atoms with E-state index in [-0.39, 0.29) is 11.3 Å². The zero-order valence-corrected chi connectivity index (χ0v) is 18.9. The highest BCUT2D eigenvalue weighted by Crippen LogP contribution is 2.24. The molecule has 1 heterocycles. The van der Waals surface area contributed by atoms with Crippen molar-refractivity contribution in [2.75, 3.05) is 13.1 Å². The lowest BCUT2D eigenvalue weighted by atomic mass is 9.87. The van der Waals surface area contributed by atoms with Crippen molar-refractivity contribution in [1.29, 1.82) is 0 Å². The van der Waals surface area contributed by atoms with Gasteiger partial charge in [-0.25, -0.2) is 0 Å². The van der Waals surface area contributed by atoms with Gasteiger partial charge in [-0.2, -0.15) is 0 Å². The van der Waals surface area contributed by atoms with Crippen molar-refractivity contribution in [2.24, 2.45) is 0 Å². The fourth-order valence-corrected chi connectivity index (χ4v) is 3.76. The van der Waals surface area contributed by atoms with Crippen LogP contribution in [-0.2, 0) is 23.3 Å². The van der Waals surface area contributed by atoms with Gasteiger partial charge < -0.3 is 10.1 Å². The normalized spacial score (nSPS) is 16.1. The molecular weight excluding hydrogens is 372 g/mol. The Morgan fingerprint density at radius 2 is 1.57 bits per heavy atom. The SMILES string of the molecule is C[C@H](Oc1ccc(C(C)(C)C)cc1)C(=O)NCc1ccc(CN2CCCCC2)cc1. The second-order valence-electron chi connectivity index (χ2n) is 9.41. The molecule has 162 valence electrons. The van der Waals surface area contributed by atoms with Gasteiger partial charge in [0.1, 0.15) is 5.75 Å². The molecule has 0 bridgehead atoms. The Hall–Kier alpha value is -2.33. The van der Waals surface area contributed by atoms with E-state index >= 15 is 0 Å². The van der Waals surface area contributed by atoms with E-state index in [0.29, 0.717) is 12.3 Å². The van der Waals surface area contributed by atoms with Crippen LogP contribution in [-0.4, -0.2) is 30.0 Å². The largest absolute Gasteiger partial charge is 0.481 e. The molecule has 2 aromatic carbocycles. The van der Waals surface area contributed by atoms with Gasteiger partial charge in [0.25, 0.3) is 5.91 Å². The van der Waals surface area contributed by atoms with E-state index in [1.165, 1.54) is 43.5 Å². The second kappa shape index (κ2) is 10.1. The molecule has 1 amide bonds. The number of benzene rings is 2. The highest BCUT2D eigenvalue weighted by atomic mass is 16.5. The molecule has 0 radical (unpaired) electrons. The number of likely N-dealkylation sites (tertiary alicyclic amines) is 1. The summed E-state index contributed by atoms with van der Waals surface area (Å²) in [4.78, 5) is 15.0. The number of hydrogen-bond donors (Lipinski definition) is 1. The highest BCUT2D eigenvalue weighted by Gasteiger charge is 2.16. The zero-order valence-electron chi connectivity index (χ0n) is 18.9. The highest BCUT2D eigenvalue weighted by molar-refractivity contribution is 5.80. The standard InChI is InChI=1S/C26H36N2O2/c1-20(30-24-14-12-23(13-15-24)26(2,3)4)25(29)27-18-21-8-10-22(11-9-21)19-28-16-6-5-7-17-28/h8-15,20H,5-7,16-19H2,1-4H3,(H,27,29)/t20-/m0/s1. The first-order valence-electron chi connectivity index (χ1n) is 11.2. The molecule has 1 N–H and O–H groups in total. The van der Waals surface area contributed by atoms with Crippen LogP contribution >= 0.6 is 0 Å². The number of carbonyl (C=O) groups excluding carboxylic acids is 1. The summed E-state index contributed by atoms with van der Waals surface area (Å²) in [5.74, 6) is 0.611. The maximum absolute atomic E-state index is 12.4. The summed E-state index contributed by atoms with van der Waals surface area (Å²) in [5, 5.41) is 2.98. The van der Waals surface area contributed by atoms with Gasteiger partial charge in [-0.05, 0) is 67.1 Å². The molecule has 1 aliphatic rings. The van der Waals surface area contributed by atoms with Crippen molar-refractivity contribution in [3.63, 3.8) is 0 Å². The molecule has 0 saturated carbocycles. The van der Waals surface area contributed by atoms with E-state index in [1.54, 1.807) is 6.92 Å². The number of hydrogen-bond acceptors (Lipinski definition) is 3. The Bertz CT molecular complexity index is 800. The minimum Gasteiger partial charge on any atom is -0.481 e. The summed E-state index contributed by atoms with van der Waals surface area (Å²) in [7, 11) is 0. The molecule has 30 heavy (non-hydrogen) atoms. The van der Waals surface area contributed by atoms with Crippen LogP contribution in [0.2, 0.25) is 0 Å². The lowest BCUT2D eigenvalue weighted by Gasteiger charge is -2.26. The van der Waals surface area contributed by atoms with Crippen molar-refractivity contribution < 1.29 is 9.53 Å². The zero-order chi connectivity index (χ0) is 21.6. The van der Waals surface area contributed by atoms with E-state index in [9.17, 15) is 4.79 Å². The maximum Gasteiger partial charge on any atom is 0.261 e. The first-order valence-corrected chi connectivity index (χ1v) is 11.2. The van der Waals surface area contributed by atoms with Crippen LogP contribution in [0, 0.1) is 0 Å². The molecule has 0 aliphatic carbocycles. The monoisotopic (exact) mass is 408 g/mol. The minimum atomic E-state index is -0.538. The second-order valence-corrected chi connectivity index (χ2v) is 9.41. The predicted octanol–water partition coefficient (Wildman–Crippen LogP) is 5.05. The van der Waals surface area contributed by atoms with Gasteiger partial charge in [0.05, 0.1) is 0 Å². The molecule has 1 atom stereocenters. The van der Waals surface area contributed by atoms with Gasteiger partial charge in [0, 0.05) is 13.1 Å². The molecule has 1 fully saturated rings. The number of ether oxygens (including phenoxy) is 1. The van der Waals surface area contributed by atoms with Crippen LogP contribution < -0.4 is 10.1 Å². The molecule has 2 aromatic rings. The summed E-state index contributed by atoms with van der Waals surface area (Å²) >= 11 is 0. The molecule has 3 rings (SSSR count). The molecule has 4 heteroatoms. The summed E-state index contributed by atoms with van der Waals surface area (Å²) < 4.78 is 5.82. The van der Waals surface area contributed by atoms with Crippen LogP contribution in [0.15, 0.2) is 48.5 Å². The number of amides is 1. The van der Waals surface area contributed by atoms with E-state index in [4.69, 9.17) is 4.74 Å². The lowest BCUT2D eigenvalue weighted by molar-refractivity contribution is -0.127. The Morgan fingerprint density at radius 1 is 0.967 bits per heavy atom. The first-order chi connectivity index (χ1) is 14.3. The number of carbonyl (C=O) groups is 1. The van der Waals surface area contributed by atoms with Crippen molar-refractivity contribution in [1.82, 2.24) is 10.2 Å². The number of nitrogens with zero attached hydrogens (tertiary/aromatic N) is 1. The van der Waals surface area contributed by atoms with Gasteiger partial charge in [-0.1, -0.05) is 63.6 Å². The molecule has 4 nitrogen and oxygen atoms in total. The molecule has 0 aromatic heterocycles. The predicted molar refractivity (Wildman–Crippen MR) is 123 cm³/mol. The first kappa shape index (κ1) is 22.4. The van der Waals surface area contributed by atoms with Crippen LogP contribution in [0.4, 0.5) is 0 Å². The van der Waals surface area contributed by atoms with Gasteiger partial charge in [0.2, 0.25) is 0 Å². The molecular formula is C26H36N2O2. The summed E-state index contributed by atoms with van der Waals surface area (Å²) in [6.45, 7) is 12.3. The van der Waals surface area contributed by atoms with E-state index in [1.807, 2.05) is 12.1 Å². The van der Waals surface area contributed by atoms with Crippen molar-refractivity contribution in [2.45, 2.75) is 71.6 Å². The fraction of sp³-hybridized carbons (Fsp3) is 0.500.